The van der Waals surface area contributed by atoms with Gasteiger partial charge in [0.25, 0.3) is 0 Å². The van der Waals surface area contributed by atoms with Crippen LogP contribution in [0.25, 0.3) is 6.08 Å². The molecule has 0 fully saturated rings. The molecule has 1 aromatic carbocycles. The van der Waals surface area contributed by atoms with Crippen LogP contribution < -0.4 is 4.43 Å². The minimum absolute atomic E-state index is 0.00781. The van der Waals surface area contributed by atoms with Crippen LogP contribution >= 0.6 is 0 Å². The number of carbonyl (C=O) groups excluding carboxylic acids is 1. The highest BCUT2D eigenvalue weighted by atomic mass is 28.4. The lowest BCUT2D eigenvalue weighted by molar-refractivity contribution is -0.112. The molecule has 0 atom stereocenters. The third kappa shape index (κ3) is 4.67. The van der Waals surface area contributed by atoms with Crippen molar-refractivity contribution in [1.29, 1.82) is 0 Å². The van der Waals surface area contributed by atoms with E-state index in [1.54, 1.807) is 0 Å². The normalized spacial score (nSPS) is 15.7. The molecule has 0 amide bonds. The van der Waals surface area contributed by atoms with Gasteiger partial charge in [-0.3, -0.25) is 4.79 Å². The predicted octanol–water partition coefficient (Wildman–Crippen LogP) is 4.67. The van der Waals surface area contributed by atoms with E-state index in [0.29, 0.717) is 0 Å². The highest BCUT2D eigenvalue weighted by molar-refractivity contribution is 6.74. The first-order valence-corrected chi connectivity index (χ1v) is 9.18. The van der Waals surface area contributed by atoms with Gasteiger partial charge in [0.05, 0.1) is 5.48 Å². The Morgan fingerprint density at radius 3 is 2.21 bits per heavy atom. The monoisotopic (exact) mass is 280 g/mol. The number of hydrogen-bond acceptors (Lipinski definition) is 2. The average Bonchev–Trinajstić information content (AvgIpc) is 2.40. The van der Waals surface area contributed by atoms with Crippen molar-refractivity contribution in [3.05, 3.63) is 35.8 Å². The maximum absolute atomic E-state index is 11.1. The Hall–Kier alpha value is -1.35. The molecule has 0 saturated carbocycles. The van der Waals surface area contributed by atoms with E-state index in [0.717, 1.165) is 0 Å². The third-order valence-electron chi connectivity index (χ3n) is 3.27. The Labute approximate surface area is 123 Å². The van der Waals surface area contributed by atoms with Crippen LogP contribution in [0, 0.1) is 0 Å². The standard InChI is InChI=1S/C16H24O2Si/c1-13(17)7-8-14-9-11-15(12-10-14)18-19(5,6)16(2,3)4/h7-12H,1-6H3/b8-7+/i9D,10D,11D,12D. The maximum atomic E-state index is 11.1. The van der Waals surface area contributed by atoms with Crippen molar-refractivity contribution in [1.82, 2.24) is 0 Å². The fourth-order valence-corrected chi connectivity index (χ4v) is 1.97. The zero-order chi connectivity index (χ0) is 18.2. The first-order valence-electron chi connectivity index (χ1n) is 8.27. The molecule has 0 aromatic heterocycles. The van der Waals surface area contributed by atoms with Gasteiger partial charge in [-0.15, -0.1) is 0 Å². The maximum Gasteiger partial charge on any atom is 0.250 e. The zero-order valence-corrected chi connectivity index (χ0v) is 13.5. The van der Waals surface area contributed by atoms with Crippen LogP contribution in [0.3, 0.4) is 0 Å². The van der Waals surface area contributed by atoms with Gasteiger partial charge in [0.2, 0.25) is 8.32 Å². The van der Waals surface area contributed by atoms with Crippen LogP contribution in [0.15, 0.2) is 30.2 Å². The SMILES string of the molecule is [2H]c1c([2H])c(O[Si](C)(C)C(C)(C)C)c([2H])c([2H])c1/C=C/C(C)=O. The second kappa shape index (κ2) is 5.74. The fourth-order valence-electron chi connectivity index (χ4n) is 1.05. The third-order valence-corrected chi connectivity index (χ3v) is 7.60. The van der Waals surface area contributed by atoms with E-state index in [4.69, 9.17) is 9.91 Å². The summed E-state index contributed by atoms with van der Waals surface area (Å²) in [6, 6.07) is -0.813. The van der Waals surface area contributed by atoms with Gasteiger partial charge in [0.15, 0.2) is 5.78 Å². The molecule has 0 bridgehead atoms. The minimum Gasteiger partial charge on any atom is -0.544 e. The van der Waals surface area contributed by atoms with E-state index in [1.807, 2.05) is 33.9 Å². The van der Waals surface area contributed by atoms with Crippen molar-refractivity contribution in [2.24, 2.45) is 0 Å². The van der Waals surface area contributed by atoms with E-state index >= 15 is 0 Å². The summed E-state index contributed by atoms with van der Waals surface area (Å²) in [5.41, 5.74) is 0.0952. The molecule has 1 aromatic rings. The first kappa shape index (κ1) is 10.4. The Morgan fingerprint density at radius 1 is 1.26 bits per heavy atom. The largest absolute Gasteiger partial charge is 0.544 e. The molecule has 0 saturated heterocycles. The number of ketones is 1. The minimum atomic E-state index is -2.29. The van der Waals surface area contributed by atoms with E-state index in [2.05, 4.69) is 0 Å². The molecule has 3 heteroatoms. The number of allylic oxidation sites excluding steroid dienone is 1. The van der Waals surface area contributed by atoms with Crippen LogP contribution in [0.2, 0.25) is 18.1 Å². The van der Waals surface area contributed by atoms with Crippen LogP contribution in [-0.4, -0.2) is 14.1 Å². The average molecular weight is 280 g/mol. The summed E-state index contributed by atoms with van der Waals surface area (Å²) in [7, 11) is -2.29. The van der Waals surface area contributed by atoms with Crippen LogP contribution in [0.4, 0.5) is 0 Å². The Balaban J connectivity index is 3.47. The van der Waals surface area contributed by atoms with Gasteiger partial charge < -0.3 is 4.43 Å². The van der Waals surface area contributed by atoms with Gasteiger partial charge in [0, 0.05) is 0 Å². The highest BCUT2D eigenvalue weighted by Gasteiger charge is 2.38. The molecular weight excluding hydrogens is 252 g/mol. The summed E-state index contributed by atoms with van der Waals surface area (Å²) in [6.45, 7) is 11.5. The lowest BCUT2D eigenvalue weighted by atomic mass is 10.2. The van der Waals surface area contributed by atoms with Crippen molar-refractivity contribution in [2.75, 3.05) is 0 Å². The summed E-state index contributed by atoms with van der Waals surface area (Å²) >= 11 is 0. The molecule has 0 aliphatic carbocycles. The van der Waals surface area contributed by atoms with E-state index in [1.165, 1.54) is 19.1 Å². The summed E-state index contributed by atoms with van der Waals surface area (Å²) in [4.78, 5) is 11.1. The van der Waals surface area contributed by atoms with Crippen LogP contribution in [-0.2, 0) is 4.79 Å². The van der Waals surface area contributed by atoms with E-state index in [9.17, 15) is 4.79 Å². The van der Waals surface area contributed by atoms with Gasteiger partial charge in [-0.2, -0.15) is 0 Å². The molecule has 0 radical (unpaired) electrons. The molecule has 0 aliphatic heterocycles. The topological polar surface area (TPSA) is 26.3 Å². The predicted molar refractivity (Wildman–Crippen MR) is 84.0 cm³/mol. The fraction of sp³-hybridized carbons (Fsp3) is 0.438. The molecule has 0 heterocycles. The second-order valence-corrected chi connectivity index (χ2v) is 10.8. The zero-order valence-electron chi connectivity index (χ0n) is 16.5. The van der Waals surface area contributed by atoms with Gasteiger partial charge in [0.1, 0.15) is 5.75 Å². The molecule has 0 aliphatic rings. The number of hydrogen-bond donors (Lipinski definition) is 0. The molecule has 1 rings (SSSR count). The van der Waals surface area contributed by atoms with Crippen LogP contribution in [0.5, 0.6) is 5.75 Å². The highest BCUT2D eigenvalue weighted by Crippen LogP contribution is 2.37. The molecule has 0 N–H and O–H groups in total. The summed E-state index contributed by atoms with van der Waals surface area (Å²) in [6.07, 6.45) is 2.55. The van der Waals surface area contributed by atoms with Gasteiger partial charge in [-0.1, -0.05) is 38.9 Å². The van der Waals surface area contributed by atoms with E-state index in [-0.39, 0.29) is 46.3 Å². The molecule has 104 valence electrons. The summed E-state index contributed by atoms with van der Waals surface area (Å²) in [5, 5.41) is -0.122. The Morgan fingerprint density at radius 2 is 1.79 bits per heavy atom. The van der Waals surface area contributed by atoms with E-state index < -0.39 is 8.32 Å². The van der Waals surface area contributed by atoms with Crippen molar-refractivity contribution in [3.8, 4) is 5.75 Å². The lowest BCUT2D eigenvalue weighted by Crippen LogP contribution is -2.43. The summed E-state index contributed by atoms with van der Waals surface area (Å²) < 4.78 is 38.4. The molecule has 19 heavy (non-hydrogen) atoms. The second-order valence-electron chi connectivity index (χ2n) is 6.05. The quantitative estimate of drug-likeness (QED) is 0.591. The van der Waals surface area contributed by atoms with Crippen molar-refractivity contribution >= 4 is 20.2 Å². The smallest absolute Gasteiger partial charge is 0.250 e. The van der Waals surface area contributed by atoms with Gasteiger partial charge in [-0.25, -0.2) is 0 Å². The van der Waals surface area contributed by atoms with Crippen molar-refractivity contribution in [2.45, 2.75) is 45.8 Å². The summed E-state index contributed by atoms with van der Waals surface area (Å²) in [5.74, 6) is -0.227. The number of rotatable bonds is 4. The number of benzene rings is 1. The first-order chi connectivity index (χ1) is 10.3. The van der Waals surface area contributed by atoms with Crippen LogP contribution in [0.1, 0.15) is 38.7 Å². The molecule has 0 spiro atoms. The molecular formula is C16H24O2Si. The number of carbonyl (C=O) groups is 1. The van der Waals surface area contributed by atoms with Crippen molar-refractivity contribution in [3.63, 3.8) is 0 Å². The molecule has 2 nitrogen and oxygen atoms in total. The Kier molecular flexibility index (Phi) is 3.15. The lowest BCUT2D eigenvalue weighted by Gasteiger charge is -2.36. The van der Waals surface area contributed by atoms with Gasteiger partial charge in [-0.05, 0) is 48.8 Å². The Bertz CT molecular complexity index is 632. The van der Waals surface area contributed by atoms with Gasteiger partial charge >= 0.3 is 0 Å². The molecule has 0 unspecified atom stereocenters. The van der Waals surface area contributed by atoms with Crippen molar-refractivity contribution < 1.29 is 14.7 Å².